The van der Waals surface area contributed by atoms with E-state index in [1.165, 1.54) is 12.3 Å². The van der Waals surface area contributed by atoms with Crippen molar-refractivity contribution >= 4 is 5.82 Å². The number of nitrogen functional groups attached to an aromatic ring is 1. The monoisotopic (exact) mass is 286 g/mol. The van der Waals surface area contributed by atoms with Crippen molar-refractivity contribution in [2.45, 2.75) is 31.5 Å². The third kappa shape index (κ3) is 2.82. The molecule has 3 N–H and O–H groups in total. The Bertz CT molecular complexity index is 524. The van der Waals surface area contributed by atoms with E-state index >= 15 is 0 Å². The average Bonchev–Trinajstić information content (AvgIpc) is 2.67. The zero-order chi connectivity index (χ0) is 14.9. The molecule has 1 aliphatic rings. The summed E-state index contributed by atoms with van der Waals surface area (Å²) in [5.74, 6) is 0.0578. The van der Waals surface area contributed by atoms with Crippen LogP contribution in [-0.2, 0) is 4.74 Å². The first-order valence-electron chi connectivity index (χ1n) is 6.44. The van der Waals surface area contributed by atoms with Crippen LogP contribution in [-0.4, -0.2) is 58.1 Å². The Labute approximate surface area is 115 Å². The molecule has 1 aromatic rings. The van der Waals surface area contributed by atoms with Crippen molar-refractivity contribution < 1.29 is 14.2 Å². The normalized spacial score (nSPS) is 30.1. The molecule has 112 valence electrons. The van der Waals surface area contributed by atoms with Crippen LogP contribution in [0, 0.1) is 0 Å². The second-order valence-corrected chi connectivity index (χ2v) is 4.90. The lowest BCUT2D eigenvalue weighted by Crippen LogP contribution is -2.37. The van der Waals surface area contributed by atoms with Crippen LogP contribution >= 0.6 is 0 Å². The van der Waals surface area contributed by atoms with E-state index < -0.39 is 30.3 Å². The highest BCUT2D eigenvalue weighted by molar-refractivity contribution is 5.23. The highest BCUT2D eigenvalue weighted by atomic mass is 19.1. The Balaban J connectivity index is 2.19. The Morgan fingerprint density at radius 3 is 2.95 bits per heavy atom. The molecule has 0 aromatic carbocycles. The van der Waals surface area contributed by atoms with Gasteiger partial charge in [-0.3, -0.25) is 4.57 Å². The van der Waals surface area contributed by atoms with Crippen molar-refractivity contribution in [3.05, 3.63) is 22.7 Å². The molecule has 0 amide bonds. The third-order valence-corrected chi connectivity index (χ3v) is 3.45. The SMILES string of the molecule is CCN(C)C[C@H]1O[C@@H](n2ccc(N)nc2=O)[C@@H](F)[C@@H]1O. The molecule has 8 heteroatoms. The summed E-state index contributed by atoms with van der Waals surface area (Å²) in [6, 6.07) is 1.38. The number of likely N-dealkylation sites (N-methyl/N-ethyl adjacent to an activating group) is 1. The molecule has 0 bridgehead atoms. The molecule has 20 heavy (non-hydrogen) atoms. The Morgan fingerprint density at radius 1 is 1.65 bits per heavy atom. The van der Waals surface area contributed by atoms with Crippen LogP contribution in [0.25, 0.3) is 0 Å². The Hall–Kier alpha value is -1.51. The van der Waals surface area contributed by atoms with E-state index in [1.54, 1.807) is 0 Å². The fraction of sp³-hybridized carbons (Fsp3) is 0.667. The predicted molar refractivity (Wildman–Crippen MR) is 70.9 cm³/mol. The van der Waals surface area contributed by atoms with E-state index in [0.717, 1.165) is 11.1 Å². The van der Waals surface area contributed by atoms with Gasteiger partial charge in [0, 0.05) is 12.7 Å². The molecule has 1 aromatic heterocycles. The lowest BCUT2D eigenvalue weighted by Gasteiger charge is -2.21. The maximum absolute atomic E-state index is 14.1. The number of hydrogen-bond donors (Lipinski definition) is 2. The van der Waals surface area contributed by atoms with Gasteiger partial charge in [0.25, 0.3) is 0 Å². The molecule has 0 radical (unpaired) electrons. The van der Waals surface area contributed by atoms with Crippen molar-refractivity contribution in [2.24, 2.45) is 0 Å². The van der Waals surface area contributed by atoms with Crippen LogP contribution < -0.4 is 11.4 Å². The summed E-state index contributed by atoms with van der Waals surface area (Å²) in [4.78, 5) is 17.1. The lowest BCUT2D eigenvalue weighted by molar-refractivity contribution is -0.0372. The van der Waals surface area contributed by atoms with Gasteiger partial charge in [-0.15, -0.1) is 0 Å². The number of aromatic nitrogens is 2. The molecule has 1 fully saturated rings. The first kappa shape index (κ1) is 14.9. The fourth-order valence-corrected chi connectivity index (χ4v) is 2.13. The number of aliphatic hydroxyl groups is 1. The van der Waals surface area contributed by atoms with Crippen molar-refractivity contribution in [1.82, 2.24) is 14.5 Å². The largest absolute Gasteiger partial charge is 0.387 e. The zero-order valence-electron chi connectivity index (χ0n) is 11.4. The second kappa shape index (κ2) is 5.86. The Morgan fingerprint density at radius 2 is 2.35 bits per heavy atom. The van der Waals surface area contributed by atoms with Gasteiger partial charge in [0.05, 0.1) is 0 Å². The lowest BCUT2D eigenvalue weighted by atomic mass is 10.1. The number of aliphatic hydroxyl groups excluding tert-OH is 1. The number of anilines is 1. The fourth-order valence-electron chi connectivity index (χ4n) is 2.13. The zero-order valence-corrected chi connectivity index (χ0v) is 11.4. The number of ether oxygens (including phenoxy) is 1. The topological polar surface area (TPSA) is 93.6 Å². The molecular formula is C12H19FN4O3. The predicted octanol–water partition coefficient (Wildman–Crippen LogP) is -0.626. The maximum Gasteiger partial charge on any atom is 0.351 e. The standard InChI is InChI=1S/C12H19FN4O3/c1-3-16(2)6-7-10(18)9(13)11(20-7)17-5-4-8(14)15-12(17)19/h4-5,7,9-11,18H,3,6H2,1-2H3,(H2,14,15,19)/t7-,9+,10-,11-/m1/s1. The highest BCUT2D eigenvalue weighted by Gasteiger charge is 2.45. The highest BCUT2D eigenvalue weighted by Crippen LogP contribution is 2.31. The van der Waals surface area contributed by atoms with Gasteiger partial charge in [0.15, 0.2) is 12.4 Å². The van der Waals surface area contributed by atoms with Crippen LogP contribution in [0.1, 0.15) is 13.2 Å². The van der Waals surface area contributed by atoms with Crippen molar-refractivity contribution in [2.75, 3.05) is 25.9 Å². The van der Waals surface area contributed by atoms with Crippen LogP contribution in [0.2, 0.25) is 0 Å². The minimum Gasteiger partial charge on any atom is -0.387 e. The summed E-state index contributed by atoms with van der Waals surface area (Å²) in [5, 5.41) is 9.89. The average molecular weight is 286 g/mol. The number of hydrogen-bond acceptors (Lipinski definition) is 6. The van der Waals surface area contributed by atoms with Gasteiger partial charge in [0.2, 0.25) is 0 Å². The maximum atomic E-state index is 14.1. The van der Waals surface area contributed by atoms with Crippen molar-refractivity contribution in [3.63, 3.8) is 0 Å². The minimum atomic E-state index is -1.69. The number of halogens is 1. The number of nitrogens with two attached hydrogens (primary N) is 1. The van der Waals surface area contributed by atoms with Gasteiger partial charge in [-0.1, -0.05) is 6.92 Å². The van der Waals surface area contributed by atoms with Gasteiger partial charge in [-0.25, -0.2) is 9.18 Å². The molecule has 2 heterocycles. The Kier molecular flexibility index (Phi) is 4.36. The molecule has 1 saturated heterocycles. The van der Waals surface area contributed by atoms with Gasteiger partial charge in [-0.05, 0) is 19.7 Å². The van der Waals surface area contributed by atoms with Gasteiger partial charge in [0.1, 0.15) is 18.0 Å². The van der Waals surface area contributed by atoms with Crippen LogP contribution in [0.5, 0.6) is 0 Å². The van der Waals surface area contributed by atoms with E-state index in [1.807, 2.05) is 18.9 Å². The number of nitrogens with zero attached hydrogens (tertiary/aromatic N) is 3. The van der Waals surface area contributed by atoms with Crippen LogP contribution in [0.15, 0.2) is 17.1 Å². The number of rotatable bonds is 4. The van der Waals surface area contributed by atoms with E-state index in [2.05, 4.69) is 4.98 Å². The van der Waals surface area contributed by atoms with Gasteiger partial charge >= 0.3 is 5.69 Å². The molecule has 7 nitrogen and oxygen atoms in total. The molecule has 1 aliphatic heterocycles. The van der Waals surface area contributed by atoms with Gasteiger partial charge in [-0.2, -0.15) is 4.98 Å². The van der Waals surface area contributed by atoms with Crippen molar-refractivity contribution in [3.8, 4) is 0 Å². The molecule has 0 saturated carbocycles. The van der Waals surface area contributed by atoms with E-state index in [-0.39, 0.29) is 5.82 Å². The molecule has 2 rings (SSSR count). The number of alkyl halides is 1. The van der Waals surface area contributed by atoms with E-state index in [0.29, 0.717) is 6.54 Å². The minimum absolute atomic E-state index is 0.0578. The van der Waals surface area contributed by atoms with E-state index in [4.69, 9.17) is 10.5 Å². The third-order valence-electron chi connectivity index (χ3n) is 3.45. The summed E-state index contributed by atoms with van der Waals surface area (Å²) in [6.07, 6.45) is -3.52. The summed E-state index contributed by atoms with van der Waals surface area (Å²) >= 11 is 0. The molecule has 4 atom stereocenters. The molecular weight excluding hydrogens is 267 g/mol. The molecule has 0 aliphatic carbocycles. The summed E-state index contributed by atoms with van der Waals surface area (Å²) < 4.78 is 20.6. The van der Waals surface area contributed by atoms with Crippen LogP contribution in [0.3, 0.4) is 0 Å². The first-order valence-corrected chi connectivity index (χ1v) is 6.44. The summed E-state index contributed by atoms with van der Waals surface area (Å²) in [7, 11) is 1.84. The van der Waals surface area contributed by atoms with E-state index in [9.17, 15) is 14.3 Å². The summed E-state index contributed by atoms with van der Waals surface area (Å²) in [6.45, 7) is 3.07. The first-order chi connectivity index (χ1) is 9.43. The van der Waals surface area contributed by atoms with Gasteiger partial charge < -0.3 is 20.5 Å². The molecule has 0 spiro atoms. The van der Waals surface area contributed by atoms with Crippen LogP contribution in [0.4, 0.5) is 10.2 Å². The smallest absolute Gasteiger partial charge is 0.351 e. The second-order valence-electron chi connectivity index (χ2n) is 4.90. The van der Waals surface area contributed by atoms with Crippen molar-refractivity contribution in [1.29, 1.82) is 0 Å². The summed E-state index contributed by atoms with van der Waals surface area (Å²) in [5.41, 5.74) is 4.68. The quantitative estimate of drug-likeness (QED) is 0.766. The molecule has 0 unspecified atom stereocenters.